The number of fused-ring (bicyclic) bond motifs is 3. The number of hydrogen-bond acceptors (Lipinski definition) is 5. The molecule has 2 aromatic heterocycles. The lowest BCUT2D eigenvalue weighted by atomic mass is 9.75. The SMILES string of the molecule is COc1nc2ccccc2cc1C[N+]1(C(=O)NCc2ccnc(Cl)c2)CC2(CCNCC2)c2cc(Cl)ccc21. The van der Waals surface area contributed by atoms with Crippen LogP contribution in [0.2, 0.25) is 10.2 Å². The number of piperidine rings is 1. The summed E-state index contributed by atoms with van der Waals surface area (Å²) in [5, 5.41) is 8.79. The van der Waals surface area contributed by atoms with E-state index in [1.807, 2.05) is 42.5 Å². The monoisotopic (exact) mass is 562 g/mol. The number of nitrogens with one attached hydrogen (secondary N) is 2. The second-order valence-corrected chi connectivity index (χ2v) is 11.3. The van der Waals surface area contributed by atoms with Crippen molar-refractivity contribution < 1.29 is 9.53 Å². The fourth-order valence-corrected chi connectivity index (χ4v) is 6.69. The summed E-state index contributed by atoms with van der Waals surface area (Å²) in [5.41, 5.74) is 4.59. The van der Waals surface area contributed by atoms with Gasteiger partial charge in [-0.3, -0.25) is 0 Å². The molecule has 6 rings (SSSR count). The van der Waals surface area contributed by atoms with Crippen LogP contribution < -0.4 is 19.9 Å². The Hall–Kier alpha value is -3.23. The molecule has 9 heteroatoms. The molecule has 2 N–H and O–H groups in total. The van der Waals surface area contributed by atoms with Gasteiger partial charge in [0.1, 0.15) is 23.9 Å². The van der Waals surface area contributed by atoms with Gasteiger partial charge in [-0.05, 0) is 67.9 Å². The number of nitrogens with zero attached hydrogens (tertiary/aromatic N) is 3. The van der Waals surface area contributed by atoms with E-state index >= 15 is 0 Å². The van der Waals surface area contributed by atoms with Crippen LogP contribution in [-0.4, -0.2) is 42.7 Å². The second-order valence-electron chi connectivity index (χ2n) is 10.5. The zero-order valence-corrected chi connectivity index (χ0v) is 23.2. The van der Waals surface area contributed by atoms with E-state index < -0.39 is 0 Å². The molecular weight excluding hydrogens is 533 g/mol. The number of urea groups is 1. The van der Waals surface area contributed by atoms with Crippen molar-refractivity contribution in [2.24, 2.45) is 0 Å². The number of benzene rings is 2. The first-order valence-corrected chi connectivity index (χ1v) is 13.9. The van der Waals surface area contributed by atoms with E-state index in [1.54, 1.807) is 19.4 Å². The minimum absolute atomic E-state index is 0.0860. The Balaban J connectivity index is 1.47. The van der Waals surface area contributed by atoms with Gasteiger partial charge in [0.05, 0.1) is 23.6 Å². The van der Waals surface area contributed by atoms with Crippen LogP contribution in [0.25, 0.3) is 10.9 Å². The van der Waals surface area contributed by atoms with Gasteiger partial charge in [-0.2, -0.15) is 0 Å². The average Bonchev–Trinajstić information content (AvgIpc) is 3.20. The maximum Gasteiger partial charge on any atom is 0.422 e. The highest BCUT2D eigenvalue weighted by molar-refractivity contribution is 6.30. The number of methoxy groups -OCH3 is 1. The van der Waals surface area contributed by atoms with Crippen molar-refractivity contribution in [3.63, 3.8) is 0 Å². The fraction of sp³-hybridized carbons (Fsp3) is 0.300. The third-order valence-electron chi connectivity index (χ3n) is 8.14. The molecule has 1 atom stereocenters. The van der Waals surface area contributed by atoms with Crippen LogP contribution in [-0.2, 0) is 18.5 Å². The van der Waals surface area contributed by atoms with Gasteiger partial charge in [0.2, 0.25) is 5.88 Å². The van der Waals surface area contributed by atoms with Crippen molar-refractivity contribution >= 4 is 45.8 Å². The van der Waals surface area contributed by atoms with Gasteiger partial charge in [-0.15, -0.1) is 0 Å². The summed E-state index contributed by atoms with van der Waals surface area (Å²) in [6, 6.07) is 19.6. The Labute approximate surface area is 237 Å². The Morgan fingerprint density at radius 3 is 2.72 bits per heavy atom. The summed E-state index contributed by atoms with van der Waals surface area (Å²) in [7, 11) is 1.63. The van der Waals surface area contributed by atoms with Crippen LogP contribution in [0.5, 0.6) is 5.88 Å². The van der Waals surface area contributed by atoms with E-state index in [2.05, 4.69) is 27.8 Å². The molecule has 2 aromatic carbocycles. The van der Waals surface area contributed by atoms with Crippen LogP contribution in [0.4, 0.5) is 10.5 Å². The van der Waals surface area contributed by atoms with Gasteiger partial charge in [-0.25, -0.2) is 19.2 Å². The van der Waals surface area contributed by atoms with E-state index in [-0.39, 0.29) is 15.9 Å². The molecule has 1 unspecified atom stereocenters. The molecule has 0 bridgehead atoms. The van der Waals surface area contributed by atoms with Crippen LogP contribution >= 0.6 is 23.2 Å². The van der Waals surface area contributed by atoms with Gasteiger partial charge < -0.3 is 15.4 Å². The minimum Gasteiger partial charge on any atom is -0.481 e. The van der Waals surface area contributed by atoms with Crippen molar-refractivity contribution in [1.82, 2.24) is 25.1 Å². The van der Waals surface area contributed by atoms with E-state index in [1.165, 1.54) is 0 Å². The highest BCUT2D eigenvalue weighted by Crippen LogP contribution is 2.52. The molecule has 7 nitrogen and oxygen atoms in total. The number of halogens is 2. The number of aromatic nitrogens is 2. The highest BCUT2D eigenvalue weighted by atomic mass is 35.5. The third-order valence-corrected chi connectivity index (χ3v) is 8.59. The Morgan fingerprint density at radius 1 is 1.10 bits per heavy atom. The smallest absolute Gasteiger partial charge is 0.422 e. The predicted octanol–water partition coefficient (Wildman–Crippen LogP) is 6.00. The molecule has 0 saturated carbocycles. The van der Waals surface area contributed by atoms with Gasteiger partial charge >= 0.3 is 6.03 Å². The standard InChI is InChI=1S/C30H29Cl2N5O2/c1-39-28-22(15-21-4-2-3-5-25(21)36-28)18-37(29(38)35-17-20-8-11-34-27(32)14-20)19-30(9-12-33-13-10-30)24-16-23(31)6-7-26(24)37/h2-8,11,14-16,33H,9-10,12-13,17-19H2,1H3/p+1. The summed E-state index contributed by atoms with van der Waals surface area (Å²) in [6.07, 6.45) is 3.51. The molecule has 1 saturated heterocycles. The predicted molar refractivity (Wildman–Crippen MR) is 155 cm³/mol. The maximum absolute atomic E-state index is 14.5. The largest absolute Gasteiger partial charge is 0.481 e. The molecule has 1 fully saturated rings. The van der Waals surface area contributed by atoms with E-state index in [4.69, 9.17) is 32.9 Å². The first-order chi connectivity index (χ1) is 18.9. The molecule has 39 heavy (non-hydrogen) atoms. The molecule has 2 aliphatic rings. The van der Waals surface area contributed by atoms with Crippen molar-refractivity contribution in [3.8, 4) is 5.88 Å². The number of quaternary nitrogens is 1. The van der Waals surface area contributed by atoms with Crippen molar-refractivity contribution in [3.05, 3.63) is 93.7 Å². The van der Waals surface area contributed by atoms with Gasteiger partial charge in [-0.1, -0.05) is 41.4 Å². The molecule has 0 aliphatic carbocycles. The van der Waals surface area contributed by atoms with Crippen molar-refractivity contribution in [2.75, 3.05) is 26.7 Å². The Bertz CT molecular complexity index is 1560. The molecule has 0 radical (unpaired) electrons. The van der Waals surface area contributed by atoms with Crippen LogP contribution in [0, 0.1) is 0 Å². The zero-order chi connectivity index (χ0) is 27.0. The molecule has 2 amide bonds. The highest BCUT2D eigenvalue weighted by Gasteiger charge is 2.57. The summed E-state index contributed by atoms with van der Waals surface area (Å²) in [5.74, 6) is 0.529. The quantitative estimate of drug-likeness (QED) is 0.230. The molecule has 2 aliphatic heterocycles. The summed E-state index contributed by atoms with van der Waals surface area (Å²) in [4.78, 5) is 23.3. The Morgan fingerprint density at radius 2 is 1.92 bits per heavy atom. The minimum atomic E-state index is -0.166. The molecule has 1 spiro atoms. The second kappa shape index (κ2) is 10.4. The molecule has 200 valence electrons. The third kappa shape index (κ3) is 4.74. The van der Waals surface area contributed by atoms with Crippen LogP contribution in [0.15, 0.2) is 66.9 Å². The van der Waals surface area contributed by atoms with Crippen molar-refractivity contribution in [2.45, 2.75) is 31.3 Å². The van der Waals surface area contributed by atoms with Gasteiger partial charge in [0.25, 0.3) is 0 Å². The van der Waals surface area contributed by atoms with E-state index in [0.717, 1.165) is 59.2 Å². The number of carbonyl (C=O) groups is 1. The lowest BCUT2D eigenvalue weighted by Crippen LogP contribution is -2.60. The summed E-state index contributed by atoms with van der Waals surface area (Å²) in [6.45, 7) is 3.15. The summed E-state index contributed by atoms with van der Waals surface area (Å²) < 4.78 is 5.87. The Kier molecular flexibility index (Phi) is 6.93. The normalized spacial score (nSPS) is 19.7. The van der Waals surface area contributed by atoms with E-state index in [0.29, 0.717) is 35.7 Å². The zero-order valence-electron chi connectivity index (χ0n) is 21.7. The molecule has 4 heterocycles. The molecule has 4 aromatic rings. The number of rotatable bonds is 5. The van der Waals surface area contributed by atoms with E-state index in [9.17, 15) is 4.79 Å². The number of ether oxygens (including phenoxy) is 1. The lowest BCUT2D eigenvalue weighted by Gasteiger charge is -2.37. The summed E-state index contributed by atoms with van der Waals surface area (Å²) >= 11 is 12.7. The van der Waals surface area contributed by atoms with Crippen LogP contribution in [0.1, 0.15) is 29.5 Å². The van der Waals surface area contributed by atoms with Gasteiger partial charge in [0, 0.05) is 34.8 Å². The lowest BCUT2D eigenvalue weighted by molar-refractivity contribution is 0.179. The van der Waals surface area contributed by atoms with Gasteiger partial charge in [0.15, 0.2) is 0 Å². The fourth-order valence-electron chi connectivity index (χ4n) is 6.32. The number of para-hydroxylation sites is 1. The number of carbonyl (C=O) groups excluding carboxylic acids is 1. The first kappa shape index (κ1) is 26.0. The topological polar surface area (TPSA) is 76.1 Å². The maximum atomic E-state index is 14.5. The molecular formula is C30H30Cl2N5O2+. The first-order valence-electron chi connectivity index (χ1n) is 13.1. The average molecular weight is 564 g/mol. The van der Waals surface area contributed by atoms with Crippen LogP contribution in [0.3, 0.4) is 0 Å². The number of amides is 2. The van der Waals surface area contributed by atoms with Crippen molar-refractivity contribution in [1.29, 1.82) is 0 Å². The number of pyridine rings is 2. The number of hydrogen-bond donors (Lipinski definition) is 2.